The smallest absolute Gasteiger partial charge is 0.304 e. The van der Waals surface area contributed by atoms with Gasteiger partial charge < -0.3 is 14.6 Å². The molecule has 2 atom stereocenters. The van der Waals surface area contributed by atoms with Gasteiger partial charge >= 0.3 is 5.97 Å². The molecule has 0 bridgehead atoms. The quantitative estimate of drug-likeness (QED) is 0.503. The average molecular weight is 469 g/mol. The van der Waals surface area contributed by atoms with Crippen molar-refractivity contribution in [2.45, 2.75) is 59.0 Å². The molecule has 1 aliphatic heterocycles. The molecule has 0 radical (unpaired) electrons. The van der Waals surface area contributed by atoms with Crippen molar-refractivity contribution in [3.8, 4) is 28.8 Å². The molecule has 3 aromatic rings. The van der Waals surface area contributed by atoms with E-state index in [0.29, 0.717) is 23.8 Å². The number of aliphatic carboxylic acids is 1. The first kappa shape index (κ1) is 22.9. The molecule has 35 heavy (non-hydrogen) atoms. The average Bonchev–Trinajstić information content (AvgIpc) is 3.39. The number of ether oxygens (including phenoxy) is 2. The number of fused-ring (bicyclic) bond motifs is 2. The van der Waals surface area contributed by atoms with Crippen molar-refractivity contribution in [3.05, 3.63) is 75.0 Å². The molecule has 0 saturated heterocycles. The van der Waals surface area contributed by atoms with Crippen LogP contribution < -0.4 is 9.47 Å². The predicted octanol–water partition coefficient (Wildman–Crippen LogP) is 5.87. The first-order chi connectivity index (χ1) is 16.8. The van der Waals surface area contributed by atoms with Gasteiger partial charge in [-0.05, 0) is 97.2 Å². The zero-order valence-electron chi connectivity index (χ0n) is 20.4. The van der Waals surface area contributed by atoms with E-state index in [1.165, 1.54) is 33.4 Å². The minimum Gasteiger partial charge on any atom is -0.492 e. The van der Waals surface area contributed by atoms with Crippen LogP contribution in [0.3, 0.4) is 0 Å². The Labute approximate surface area is 205 Å². The maximum Gasteiger partial charge on any atom is 0.304 e. The first-order valence-corrected chi connectivity index (χ1v) is 11.9. The molecule has 1 unspecified atom stereocenters. The normalized spacial score (nSPS) is 17.9. The van der Waals surface area contributed by atoms with Gasteiger partial charge in [-0.25, -0.2) is 4.98 Å². The van der Waals surface area contributed by atoms with Crippen molar-refractivity contribution < 1.29 is 19.4 Å². The van der Waals surface area contributed by atoms with Crippen LogP contribution in [0.5, 0.6) is 11.6 Å². The van der Waals surface area contributed by atoms with Crippen LogP contribution in [0, 0.1) is 39.0 Å². The summed E-state index contributed by atoms with van der Waals surface area (Å²) in [6.45, 7) is 8.78. The van der Waals surface area contributed by atoms with Crippen LogP contribution in [-0.4, -0.2) is 22.7 Å². The molecule has 5 rings (SSSR count). The number of benzene rings is 2. The molecule has 178 valence electrons. The second-order valence-corrected chi connectivity index (χ2v) is 9.69. The minimum atomic E-state index is -0.844. The number of hydrogen-bond donors (Lipinski definition) is 1. The molecule has 0 spiro atoms. The van der Waals surface area contributed by atoms with E-state index in [0.717, 1.165) is 29.5 Å². The lowest BCUT2D eigenvalue weighted by atomic mass is 9.85. The van der Waals surface area contributed by atoms with Crippen LogP contribution in [0.4, 0.5) is 0 Å². The first-order valence-electron chi connectivity index (χ1n) is 11.9. The number of nitrogens with zero attached hydrogens (tertiary/aromatic N) is 2. The molecule has 0 fully saturated rings. The number of aryl methyl sites for hydroxylation is 4. The second kappa shape index (κ2) is 8.74. The molecule has 0 amide bonds. The third-order valence-electron chi connectivity index (χ3n) is 7.20. The maximum atomic E-state index is 11.1. The topological polar surface area (TPSA) is 92.4 Å². The number of carboxylic acid groups (broad SMARTS) is 1. The molecule has 1 N–H and O–H groups in total. The summed E-state index contributed by atoms with van der Waals surface area (Å²) >= 11 is 0. The highest BCUT2D eigenvalue weighted by atomic mass is 16.5. The van der Waals surface area contributed by atoms with Gasteiger partial charge in [-0.15, -0.1) is 0 Å². The maximum absolute atomic E-state index is 11.1. The van der Waals surface area contributed by atoms with Crippen LogP contribution in [0.25, 0.3) is 11.1 Å². The molecular formula is C29H28N2O4. The zero-order chi connectivity index (χ0) is 24.9. The van der Waals surface area contributed by atoms with Crippen molar-refractivity contribution in [2.24, 2.45) is 0 Å². The van der Waals surface area contributed by atoms with Crippen molar-refractivity contribution in [3.63, 3.8) is 0 Å². The number of pyridine rings is 1. The van der Waals surface area contributed by atoms with Gasteiger partial charge in [0, 0.05) is 23.7 Å². The fourth-order valence-corrected chi connectivity index (χ4v) is 5.83. The van der Waals surface area contributed by atoms with E-state index in [4.69, 9.17) is 14.6 Å². The van der Waals surface area contributed by atoms with Gasteiger partial charge in [0.05, 0.1) is 24.7 Å². The van der Waals surface area contributed by atoms with Crippen LogP contribution in [0.2, 0.25) is 0 Å². The van der Waals surface area contributed by atoms with E-state index in [9.17, 15) is 10.1 Å². The Hall–Kier alpha value is -3.85. The molecule has 2 aliphatic rings. The van der Waals surface area contributed by atoms with E-state index in [-0.39, 0.29) is 18.4 Å². The van der Waals surface area contributed by atoms with E-state index in [1.54, 1.807) is 12.3 Å². The van der Waals surface area contributed by atoms with Gasteiger partial charge in [-0.2, -0.15) is 5.26 Å². The number of aromatic nitrogens is 1. The lowest BCUT2D eigenvalue weighted by Crippen LogP contribution is -2.08. The van der Waals surface area contributed by atoms with E-state index < -0.39 is 5.97 Å². The highest BCUT2D eigenvalue weighted by molar-refractivity contribution is 5.79. The van der Waals surface area contributed by atoms with E-state index in [2.05, 4.69) is 44.8 Å². The molecule has 6 nitrogen and oxygen atoms in total. The number of carboxylic acids is 1. The Bertz CT molecular complexity index is 1380. The molecular weight excluding hydrogens is 440 g/mol. The summed E-state index contributed by atoms with van der Waals surface area (Å²) in [6, 6.07) is 10.2. The molecule has 1 aromatic heterocycles. The molecule has 6 heteroatoms. The Morgan fingerprint density at radius 1 is 1.11 bits per heavy atom. The largest absolute Gasteiger partial charge is 0.492 e. The van der Waals surface area contributed by atoms with Gasteiger partial charge in [0.25, 0.3) is 0 Å². The van der Waals surface area contributed by atoms with Crippen molar-refractivity contribution >= 4 is 5.97 Å². The summed E-state index contributed by atoms with van der Waals surface area (Å²) in [5.41, 5.74) is 11.1. The number of rotatable bonds is 5. The van der Waals surface area contributed by atoms with Gasteiger partial charge in [0.15, 0.2) is 0 Å². The van der Waals surface area contributed by atoms with Crippen LogP contribution in [-0.2, 0) is 11.2 Å². The molecule has 1 aliphatic carbocycles. The van der Waals surface area contributed by atoms with Crippen molar-refractivity contribution in [1.82, 2.24) is 4.98 Å². The van der Waals surface area contributed by atoms with E-state index >= 15 is 0 Å². The van der Waals surface area contributed by atoms with Crippen molar-refractivity contribution in [2.75, 3.05) is 6.61 Å². The summed E-state index contributed by atoms with van der Waals surface area (Å²) in [7, 11) is 0. The summed E-state index contributed by atoms with van der Waals surface area (Å²) in [6.07, 6.45) is 3.35. The van der Waals surface area contributed by atoms with E-state index in [1.807, 2.05) is 12.1 Å². The van der Waals surface area contributed by atoms with Crippen LogP contribution >= 0.6 is 0 Å². The highest BCUT2D eigenvalue weighted by Gasteiger charge is 2.32. The SMILES string of the molecule is Cc1cc(C#N)cc(C)c1-c1c(C)cc(C)c2c1CCC2Oc1cc2c(cn1)[C@H](CC(=O)O)CO2. The number of nitriles is 1. The lowest BCUT2D eigenvalue weighted by molar-refractivity contribution is -0.137. The fourth-order valence-electron chi connectivity index (χ4n) is 5.83. The van der Waals surface area contributed by atoms with Gasteiger partial charge in [-0.1, -0.05) is 6.07 Å². The third-order valence-corrected chi connectivity index (χ3v) is 7.20. The Morgan fingerprint density at radius 3 is 2.51 bits per heavy atom. The fraction of sp³-hybridized carbons (Fsp3) is 0.345. The number of carbonyl (C=O) groups is 1. The molecule has 0 saturated carbocycles. The van der Waals surface area contributed by atoms with Gasteiger partial charge in [-0.3, -0.25) is 4.79 Å². The summed E-state index contributed by atoms with van der Waals surface area (Å²) < 4.78 is 12.1. The lowest BCUT2D eigenvalue weighted by Gasteiger charge is -2.21. The van der Waals surface area contributed by atoms with Crippen molar-refractivity contribution in [1.29, 1.82) is 5.26 Å². The molecule has 2 aromatic carbocycles. The Kier molecular flexibility index (Phi) is 5.72. The zero-order valence-corrected chi connectivity index (χ0v) is 20.4. The minimum absolute atomic E-state index is 0.0282. The summed E-state index contributed by atoms with van der Waals surface area (Å²) in [4.78, 5) is 15.6. The standard InChI is InChI=1S/C29H28N2O4/c1-15-7-16(2)29(27-17(3)8-19(12-30)9-18(27)4)21-5-6-23(28(15)21)35-25-11-24-22(13-31-25)20(14-34-24)10-26(32)33/h7-9,11,13,20,23H,5-6,10,14H2,1-4H3,(H,32,33)/t20-,23?/m1/s1. The van der Waals surface area contributed by atoms with Gasteiger partial charge in [0.1, 0.15) is 11.9 Å². The third kappa shape index (κ3) is 4.01. The Balaban J connectivity index is 1.50. The van der Waals surface area contributed by atoms with Crippen LogP contribution in [0.15, 0.2) is 30.5 Å². The molecule has 2 heterocycles. The second-order valence-electron chi connectivity index (χ2n) is 9.69. The highest BCUT2D eigenvalue weighted by Crippen LogP contribution is 2.46. The summed E-state index contributed by atoms with van der Waals surface area (Å²) in [5, 5.41) is 18.5. The van der Waals surface area contributed by atoms with Gasteiger partial charge in [0.2, 0.25) is 5.88 Å². The number of hydrogen-bond acceptors (Lipinski definition) is 5. The monoisotopic (exact) mass is 468 g/mol. The predicted molar refractivity (Wildman–Crippen MR) is 132 cm³/mol. The Morgan fingerprint density at radius 2 is 1.83 bits per heavy atom. The summed E-state index contributed by atoms with van der Waals surface area (Å²) in [5.74, 6) is 0.126. The van der Waals surface area contributed by atoms with Crippen LogP contribution in [0.1, 0.15) is 69.4 Å².